The SMILES string of the molecule is O=C(CCN(Cc1ccco1)C(=O)COc1ccc(Cl)cc1)NCCC(c1ccccc1)c1ccccc1. The molecule has 0 atom stereocenters. The number of nitrogens with one attached hydrogen (secondary N) is 1. The van der Waals surface area contributed by atoms with E-state index in [1.54, 1.807) is 47.6 Å². The van der Waals surface area contributed by atoms with Crippen LogP contribution in [0.1, 0.15) is 35.6 Å². The number of furan rings is 1. The average molecular weight is 531 g/mol. The summed E-state index contributed by atoms with van der Waals surface area (Å²) in [6, 6.07) is 31.0. The van der Waals surface area contributed by atoms with Crippen LogP contribution in [0.5, 0.6) is 5.75 Å². The molecule has 4 rings (SSSR count). The lowest BCUT2D eigenvalue weighted by molar-refractivity contribution is -0.134. The molecule has 7 heteroatoms. The summed E-state index contributed by atoms with van der Waals surface area (Å²) in [6.45, 7) is 0.877. The van der Waals surface area contributed by atoms with Crippen LogP contribution in [-0.2, 0) is 16.1 Å². The van der Waals surface area contributed by atoms with Crippen LogP contribution in [0, 0.1) is 0 Å². The van der Waals surface area contributed by atoms with Gasteiger partial charge in [-0.3, -0.25) is 9.59 Å². The van der Waals surface area contributed by atoms with Gasteiger partial charge in [-0.25, -0.2) is 0 Å². The summed E-state index contributed by atoms with van der Waals surface area (Å²) in [7, 11) is 0. The molecule has 0 saturated carbocycles. The second-order valence-corrected chi connectivity index (χ2v) is 9.34. The molecule has 1 aromatic heterocycles. The maximum absolute atomic E-state index is 12.9. The summed E-state index contributed by atoms with van der Waals surface area (Å²) < 4.78 is 11.0. The van der Waals surface area contributed by atoms with E-state index in [1.165, 1.54) is 11.1 Å². The smallest absolute Gasteiger partial charge is 0.260 e. The van der Waals surface area contributed by atoms with E-state index >= 15 is 0 Å². The third-order valence-electron chi connectivity index (χ3n) is 6.22. The van der Waals surface area contributed by atoms with Crippen molar-refractivity contribution in [3.8, 4) is 5.75 Å². The summed E-state index contributed by atoms with van der Waals surface area (Å²) in [5, 5.41) is 3.62. The van der Waals surface area contributed by atoms with Gasteiger partial charge in [-0.15, -0.1) is 0 Å². The molecule has 0 spiro atoms. The zero-order valence-electron chi connectivity index (χ0n) is 21.1. The van der Waals surface area contributed by atoms with E-state index in [0.717, 1.165) is 6.42 Å². The predicted octanol–water partition coefficient (Wildman–Crippen LogP) is 6.07. The first-order valence-electron chi connectivity index (χ1n) is 12.6. The monoisotopic (exact) mass is 530 g/mol. The molecule has 1 N–H and O–H groups in total. The van der Waals surface area contributed by atoms with Crippen molar-refractivity contribution in [1.82, 2.24) is 10.2 Å². The largest absolute Gasteiger partial charge is 0.484 e. The van der Waals surface area contributed by atoms with E-state index in [1.807, 2.05) is 36.4 Å². The topological polar surface area (TPSA) is 71.8 Å². The van der Waals surface area contributed by atoms with Crippen LogP contribution in [0.3, 0.4) is 0 Å². The molecule has 0 aliphatic carbocycles. The van der Waals surface area contributed by atoms with Gasteiger partial charge in [-0.2, -0.15) is 0 Å². The Balaban J connectivity index is 1.30. The molecule has 0 aliphatic rings. The summed E-state index contributed by atoms with van der Waals surface area (Å²) in [6.07, 6.45) is 2.50. The Morgan fingerprint density at radius 1 is 0.868 bits per heavy atom. The van der Waals surface area contributed by atoms with Crippen molar-refractivity contribution >= 4 is 23.4 Å². The quantitative estimate of drug-likeness (QED) is 0.228. The van der Waals surface area contributed by atoms with E-state index in [0.29, 0.717) is 23.1 Å². The van der Waals surface area contributed by atoms with Gasteiger partial charge in [0.1, 0.15) is 11.5 Å². The van der Waals surface area contributed by atoms with Gasteiger partial charge in [-0.1, -0.05) is 72.3 Å². The van der Waals surface area contributed by atoms with Crippen LogP contribution in [0.4, 0.5) is 0 Å². The zero-order valence-corrected chi connectivity index (χ0v) is 21.8. The van der Waals surface area contributed by atoms with E-state index < -0.39 is 0 Å². The minimum absolute atomic E-state index is 0.110. The molecular formula is C31H31ClN2O4. The highest BCUT2D eigenvalue weighted by Gasteiger charge is 2.18. The van der Waals surface area contributed by atoms with Gasteiger partial charge in [0.25, 0.3) is 5.91 Å². The first kappa shape index (κ1) is 27.0. The number of halogens is 1. The van der Waals surface area contributed by atoms with E-state index in [2.05, 4.69) is 29.6 Å². The molecule has 0 saturated heterocycles. The molecule has 0 unspecified atom stereocenters. The summed E-state index contributed by atoms with van der Waals surface area (Å²) >= 11 is 5.91. The van der Waals surface area contributed by atoms with E-state index in [9.17, 15) is 9.59 Å². The number of hydrogen-bond donors (Lipinski definition) is 1. The Morgan fingerprint density at radius 2 is 1.53 bits per heavy atom. The van der Waals surface area contributed by atoms with Crippen LogP contribution in [0.2, 0.25) is 5.02 Å². The van der Waals surface area contributed by atoms with Gasteiger partial charge < -0.3 is 19.4 Å². The molecule has 0 fully saturated rings. The van der Waals surface area contributed by atoms with Gasteiger partial charge in [0, 0.05) is 30.5 Å². The number of rotatable bonds is 13. The molecule has 1 heterocycles. The van der Waals surface area contributed by atoms with Crippen LogP contribution >= 0.6 is 11.6 Å². The lowest BCUT2D eigenvalue weighted by Gasteiger charge is -2.22. The number of amides is 2. The summed E-state index contributed by atoms with van der Waals surface area (Å²) in [5.74, 6) is 1.02. The molecule has 2 amide bonds. The summed E-state index contributed by atoms with van der Waals surface area (Å²) in [5.41, 5.74) is 2.42. The lowest BCUT2D eigenvalue weighted by atomic mass is 9.88. The second kappa shape index (κ2) is 14.1. The molecule has 6 nitrogen and oxygen atoms in total. The first-order chi connectivity index (χ1) is 18.6. The fourth-order valence-electron chi connectivity index (χ4n) is 4.23. The standard InChI is InChI=1S/C31H31ClN2O4/c32-26-13-15-27(16-14-26)38-23-31(36)34(22-28-12-7-21-37-28)20-18-30(35)33-19-17-29(24-8-3-1-4-9-24)25-10-5-2-6-11-25/h1-16,21,29H,17-20,22-23H2,(H,33,35). The maximum Gasteiger partial charge on any atom is 0.260 e. The van der Waals surface area contributed by atoms with Crippen LogP contribution in [-0.4, -0.2) is 36.4 Å². The second-order valence-electron chi connectivity index (χ2n) is 8.90. The Kier molecular flexibility index (Phi) is 9.99. The fraction of sp³-hybridized carbons (Fsp3) is 0.226. The highest BCUT2D eigenvalue weighted by Crippen LogP contribution is 2.27. The molecule has 3 aromatic carbocycles. The van der Waals surface area contributed by atoms with Crippen molar-refractivity contribution in [1.29, 1.82) is 0 Å². The van der Waals surface area contributed by atoms with Crippen molar-refractivity contribution in [2.24, 2.45) is 0 Å². The summed E-state index contributed by atoms with van der Waals surface area (Å²) in [4.78, 5) is 27.2. The minimum atomic E-state index is -0.239. The van der Waals surface area contributed by atoms with Crippen molar-refractivity contribution < 1.29 is 18.7 Å². The van der Waals surface area contributed by atoms with Crippen LogP contribution < -0.4 is 10.1 Å². The molecule has 0 radical (unpaired) electrons. The number of nitrogens with zero attached hydrogens (tertiary/aromatic N) is 1. The molecule has 4 aromatic rings. The minimum Gasteiger partial charge on any atom is -0.484 e. The maximum atomic E-state index is 12.9. The van der Waals surface area contributed by atoms with Gasteiger partial charge in [-0.05, 0) is 53.9 Å². The Hall–Kier alpha value is -4.03. The first-order valence-corrected chi connectivity index (χ1v) is 13.0. The lowest BCUT2D eigenvalue weighted by Crippen LogP contribution is -2.37. The van der Waals surface area contributed by atoms with Crippen molar-refractivity contribution in [2.45, 2.75) is 25.3 Å². The normalized spacial score (nSPS) is 10.8. The number of hydrogen-bond acceptors (Lipinski definition) is 4. The van der Waals surface area contributed by atoms with E-state index in [-0.39, 0.29) is 43.8 Å². The number of carbonyl (C=O) groups is 2. The fourth-order valence-corrected chi connectivity index (χ4v) is 4.35. The highest BCUT2D eigenvalue weighted by molar-refractivity contribution is 6.30. The third-order valence-corrected chi connectivity index (χ3v) is 6.48. The van der Waals surface area contributed by atoms with Gasteiger partial charge in [0.2, 0.25) is 5.91 Å². The van der Waals surface area contributed by atoms with Gasteiger partial charge in [0.05, 0.1) is 12.8 Å². The van der Waals surface area contributed by atoms with Crippen molar-refractivity contribution in [2.75, 3.05) is 19.7 Å². The Morgan fingerprint density at radius 3 is 2.13 bits per heavy atom. The van der Waals surface area contributed by atoms with E-state index in [4.69, 9.17) is 20.8 Å². The van der Waals surface area contributed by atoms with Crippen LogP contribution in [0.15, 0.2) is 108 Å². The number of ether oxygens (including phenoxy) is 1. The van der Waals surface area contributed by atoms with Crippen molar-refractivity contribution in [3.05, 3.63) is 125 Å². The number of carbonyl (C=O) groups excluding carboxylic acids is 2. The zero-order chi connectivity index (χ0) is 26.6. The molecule has 0 aliphatic heterocycles. The van der Waals surface area contributed by atoms with Crippen LogP contribution in [0.25, 0.3) is 0 Å². The van der Waals surface area contributed by atoms with Gasteiger partial charge >= 0.3 is 0 Å². The number of benzene rings is 3. The molecule has 38 heavy (non-hydrogen) atoms. The molecule has 0 bridgehead atoms. The Bertz CT molecular complexity index is 1220. The predicted molar refractivity (Wildman–Crippen MR) is 148 cm³/mol. The van der Waals surface area contributed by atoms with Crippen molar-refractivity contribution in [3.63, 3.8) is 0 Å². The Labute approximate surface area is 228 Å². The average Bonchev–Trinajstić information content (AvgIpc) is 3.47. The third kappa shape index (κ3) is 8.25. The van der Waals surface area contributed by atoms with Gasteiger partial charge in [0.15, 0.2) is 6.61 Å². The highest BCUT2D eigenvalue weighted by atomic mass is 35.5. The molecular weight excluding hydrogens is 500 g/mol. The molecule has 196 valence electrons.